The van der Waals surface area contributed by atoms with E-state index in [0.29, 0.717) is 5.56 Å². The van der Waals surface area contributed by atoms with Gasteiger partial charge in [-0.3, -0.25) is 9.59 Å². The van der Waals surface area contributed by atoms with Crippen LogP contribution in [-0.2, 0) is 4.79 Å². The Morgan fingerprint density at radius 1 is 1.25 bits per heavy atom. The van der Waals surface area contributed by atoms with E-state index in [1.807, 2.05) is 32.0 Å². The van der Waals surface area contributed by atoms with E-state index in [1.165, 1.54) is 0 Å². The molecule has 0 unspecified atom stereocenters. The molecule has 86 valence electrons. The molecule has 1 aromatic carbocycles. The van der Waals surface area contributed by atoms with Gasteiger partial charge in [0.2, 0.25) is 0 Å². The van der Waals surface area contributed by atoms with Crippen molar-refractivity contribution in [3.8, 4) is 0 Å². The number of thioether (sulfide) groups is 1. The molecular formula is C12H14O3S. The van der Waals surface area contributed by atoms with Crippen molar-refractivity contribution in [2.24, 2.45) is 0 Å². The van der Waals surface area contributed by atoms with E-state index < -0.39 is 5.97 Å². The summed E-state index contributed by atoms with van der Waals surface area (Å²) in [6.07, 6.45) is 0. The largest absolute Gasteiger partial charge is 0.481 e. The monoisotopic (exact) mass is 238 g/mol. The zero-order chi connectivity index (χ0) is 12.1. The number of hydrogen-bond donors (Lipinski definition) is 1. The summed E-state index contributed by atoms with van der Waals surface area (Å²) in [5.41, 5.74) is 2.67. The maximum Gasteiger partial charge on any atom is 0.313 e. The van der Waals surface area contributed by atoms with E-state index >= 15 is 0 Å². The molecule has 4 heteroatoms. The van der Waals surface area contributed by atoms with E-state index in [9.17, 15) is 9.59 Å². The first-order chi connectivity index (χ1) is 7.50. The average molecular weight is 238 g/mol. The number of carbonyl (C=O) groups excluding carboxylic acids is 1. The number of carbonyl (C=O) groups is 2. The Kier molecular flexibility index (Phi) is 4.55. The highest BCUT2D eigenvalue weighted by Crippen LogP contribution is 2.14. The lowest BCUT2D eigenvalue weighted by Gasteiger charge is -2.05. The fourth-order valence-electron chi connectivity index (χ4n) is 1.35. The molecule has 0 bridgehead atoms. The quantitative estimate of drug-likeness (QED) is 0.800. The zero-order valence-electron chi connectivity index (χ0n) is 9.32. The Morgan fingerprint density at radius 2 is 1.94 bits per heavy atom. The first-order valence-electron chi connectivity index (χ1n) is 4.90. The van der Waals surface area contributed by atoms with Crippen molar-refractivity contribution in [2.75, 3.05) is 11.5 Å². The van der Waals surface area contributed by atoms with E-state index in [-0.39, 0.29) is 17.3 Å². The summed E-state index contributed by atoms with van der Waals surface area (Å²) < 4.78 is 0. The van der Waals surface area contributed by atoms with Gasteiger partial charge in [0.05, 0.1) is 11.5 Å². The first-order valence-corrected chi connectivity index (χ1v) is 6.06. The van der Waals surface area contributed by atoms with Crippen LogP contribution in [0.1, 0.15) is 21.5 Å². The van der Waals surface area contributed by atoms with Crippen LogP contribution < -0.4 is 0 Å². The Labute approximate surface area is 98.9 Å². The minimum atomic E-state index is -0.890. The Bertz CT molecular complexity index is 413. The summed E-state index contributed by atoms with van der Waals surface area (Å²) in [4.78, 5) is 22.1. The molecule has 0 aliphatic rings. The minimum absolute atomic E-state index is 0.00699. The van der Waals surface area contributed by atoms with Crippen LogP contribution in [0.4, 0.5) is 0 Å². The number of rotatable bonds is 5. The van der Waals surface area contributed by atoms with Gasteiger partial charge in [0.1, 0.15) is 0 Å². The lowest BCUT2D eigenvalue weighted by Crippen LogP contribution is -2.08. The lowest BCUT2D eigenvalue weighted by atomic mass is 10.0. The number of hydrogen-bond acceptors (Lipinski definition) is 3. The van der Waals surface area contributed by atoms with Crippen molar-refractivity contribution in [1.29, 1.82) is 0 Å². The van der Waals surface area contributed by atoms with Gasteiger partial charge in [-0.15, -0.1) is 11.8 Å². The molecular weight excluding hydrogens is 224 g/mol. The van der Waals surface area contributed by atoms with Gasteiger partial charge in [-0.2, -0.15) is 0 Å². The summed E-state index contributed by atoms with van der Waals surface area (Å²) in [6.45, 7) is 3.81. The molecule has 0 saturated heterocycles. The fraction of sp³-hybridized carbons (Fsp3) is 0.333. The molecule has 1 rings (SSSR count). The molecule has 0 aromatic heterocycles. The number of benzene rings is 1. The molecule has 0 aliphatic carbocycles. The van der Waals surface area contributed by atoms with Crippen LogP contribution in [0.3, 0.4) is 0 Å². The van der Waals surface area contributed by atoms with Crippen LogP contribution >= 0.6 is 11.8 Å². The summed E-state index contributed by atoms with van der Waals surface area (Å²) in [5, 5.41) is 8.46. The van der Waals surface area contributed by atoms with E-state index in [4.69, 9.17) is 5.11 Å². The SMILES string of the molecule is Cc1ccc(C)c(C(=O)CSCC(=O)O)c1. The predicted octanol–water partition coefficient (Wildman–Crippen LogP) is 2.30. The molecule has 0 spiro atoms. The van der Waals surface area contributed by atoms with E-state index in [0.717, 1.165) is 22.9 Å². The molecule has 0 heterocycles. The maximum absolute atomic E-state index is 11.8. The zero-order valence-corrected chi connectivity index (χ0v) is 10.1. The summed E-state index contributed by atoms with van der Waals surface area (Å²) in [5.74, 6) is -0.709. The van der Waals surface area contributed by atoms with Gasteiger partial charge in [-0.1, -0.05) is 17.7 Å². The van der Waals surface area contributed by atoms with Gasteiger partial charge in [-0.05, 0) is 25.5 Å². The van der Waals surface area contributed by atoms with Gasteiger partial charge in [0.25, 0.3) is 0 Å². The molecule has 0 radical (unpaired) electrons. The van der Waals surface area contributed by atoms with Gasteiger partial charge in [0.15, 0.2) is 5.78 Å². The third-order valence-corrected chi connectivity index (χ3v) is 3.07. The van der Waals surface area contributed by atoms with Crippen molar-refractivity contribution in [3.05, 3.63) is 34.9 Å². The third kappa shape index (κ3) is 3.70. The maximum atomic E-state index is 11.8. The Morgan fingerprint density at radius 3 is 2.56 bits per heavy atom. The van der Waals surface area contributed by atoms with Crippen LogP contribution in [0.25, 0.3) is 0 Å². The van der Waals surface area contributed by atoms with Gasteiger partial charge in [-0.25, -0.2) is 0 Å². The number of carboxylic acid groups (broad SMARTS) is 1. The average Bonchev–Trinajstić information content (AvgIpc) is 2.21. The second-order valence-electron chi connectivity index (χ2n) is 3.63. The van der Waals surface area contributed by atoms with Crippen LogP contribution in [0.5, 0.6) is 0 Å². The van der Waals surface area contributed by atoms with Crippen molar-refractivity contribution in [2.45, 2.75) is 13.8 Å². The number of aryl methyl sites for hydroxylation is 2. The second kappa shape index (κ2) is 5.70. The summed E-state index contributed by atoms with van der Waals surface area (Å²) in [7, 11) is 0. The highest BCUT2D eigenvalue weighted by molar-refractivity contribution is 8.00. The molecule has 0 amide bonds. The normalized spacial score (nSPS) is 10.1. The molecule has 0 fully saturated rings. The van der Waals surface area contributed by atoms with Crippen molar-refractivity contribution in [1.82, 2.24) is 0 Å². The number of ketones is 1. The summed E-state index contributed by atoms with van der Waals surface area (Å²) >= 11 is 1.13. The molecule has 1 aromatic rings. The smallest absolute Gasteiger partial charge is 0.313 e. The second-order valence-corrected chi connectivity index (χ2v) is 4.61. The van der Waals surface area contributed by atoms with Gasteiger partial charge >= 0.3 is 5.97 Å². The first kappa shape index (κ1) is 12.8. The number of Topliss-reactive ketones (excluding diaryl/α,β-unsaturated/α-hetero) is 1. The molecule has 0 saturated carbocycles. The van der Waals surface area contributed by atoms with Crippen molar-refractivity contribution < 1.29 is 14.7 Å². The number of aliphatic carboxylic acids is 1. The van der Waals surface area contributed by atoms with E-state index in [2.05, 4.69) is 0 Å². The van der Waals surface area contributed by atoms with Crippen LogP contribution in [0.2, 0.25) is 0 Å². The van der Waals surface area contributed by atoms with Crippen molar-refractivity contribution >= 4 is 23.5 Å². The van der Waals surface area contributed by atoms with Crippen LogP contribution in [-0.4, -0.2) is 28.4 Å². The van der Waals surface area contributed by atoms with Crippen LogP contribution in [0.15, 0.2) is 18.2 Å². The minimum Gasteiger partial charge on any atom is -0.481 e. The standard InChI is InChI=1S/C12H14O3S/c1-8-3-4-9(2)10(5-8)11(13)6-16-7-12(14)15/h3-5H,6-7H2,1-2H3,(H,14,15). The van der Waals surface area contributed by atoms with Crippen molar-refractivity contribution in [3.63, 3.8) is 0 Å². The molecule has 1 N–H and O–H groups in total. The molecule has 16 heavy (non-hydrogen) atoms. The Balaban J connectivity index is 2.65. The van der Waals surface area contributed by atoms with Crippen LogP contribution in [0, 0.1) is 13.8 Å². The predicted molar refractivity (Wildman–Crippen MR) is 65.2 cm³/mol. The highest BCUT2D eigenvalue weighted by atomic mass is 32.2. The number of carboxylic acids is 1. The fourth-order valence-corrected chi connectivity index (χ4v) is 1.96. The third-order valence-electron chi connectivity index (χ3n) is 2.15. The van der Waals surface area contributed by atoms with Gasteiger partial charge in [0, 0.05) is 5.56 Å². The summed E-state index contributed by atoms with van der Waals surface area (Å²) in [6, 6.07) is 5.71. The molecule has 0 atom stereocenters. The molecule has 0 aliphatic heterocycles. The lowest BCUT2D eigenvalue weighted by molar-refractivity contribution is -0.133. The topological polar surface area (TPSA) is 54.4 Å². The van der Waals surface area contributed by atoms with E-state index in [1.54, 1.807) is 0 Å². The highest BCUT2D eigenvalue weighted by Gasteiger charge is 2.10. The molecule has 3 nitrogen and oxygen atoms in total. The Hall–Kier alpha value is -1.29. The van der Waals surface area contributed by atoms with Gasteiger partial charge < -0.3 is 5.11 Å².